The standard InChI is InChI=1S/C21H29N5O4.HI/c1-14-7-6-8-18(25-14)26-19(27)9-10-23-21(22-2)24-13-15-11-16(28-3)20(30-5)17(12-15)29-4;/h6-8,11-12H,9-10,13H2,1-5H3,(H2,22,23,24)(H,25,26,27);1H. The van der Waals surface area contributed by atoms with Gasteiger partial charge in [-0.05, 0) is 36.8 Å². The lowest BCUT2D eigenvalue weighted by Crippen LogP contribution is -2.38. The predicted molar refractivity (Wildman–Crippen MR) is 132 cm³/mol. The van der Waals surface area contributed by atoms with Gasteiger partial charge in [-0.1, -0.05) is 6.07 Å². The summed E-state index contributed by atoms with van der Waals surface area (Å²) in [6.07, 6.45) is 0.278. The van der Waals surface area contributed by atoms with Crippen molar-refractivity contribution in [2.75, 3.05) is 40.2 Å². The molecule has 0 fully saturated rings. The number of guanidine groups is 1. The van der Waals surface area contributed by atoms with Crippen LogP contribution in [0.25, 0.3) is 0 Å². The van der Waals surface area contributed by atoms with Gasteiger partial charge >= 0.3 is 0 Å². The Labute approximate surface area is 200 Å². The van der Waals surface area contributed by atoms with Crippen molar-refractivity contribution < 1.29 is 19.0 Å². The molecule has 0 aliphatic carbocycles. The van der Waals surface area contributed by atoms with Crippen LogP contribution < -0.4 is 30.2 Å². The number of rotatable bonds is 9. The maximum absolute atomic E-state index is 12.1. The summed E-state index contributed by atoms with van der Waals surface area (Å²) in [4.78, 5) is 20.5. The number of aryl methyl sites for hydroxylation is 1. The van der Waals surface area contributed by atoms with E-state index < -0.39 is 0 Å². The number of ether oxygens (including phenoxy) is 3. The second-order valence-electron chi connectivity index (χ2n) is 6.35. The number of anilines is 1. The first-order valence-electron chi connectivity index (χ1n) is 9.47. The minimum absolute atomic E-state index is 0. The van der Waals surface area contributed by atoms with Gasteiger partial charge in [0.05, 0.1) is 21.3 Å². The number of carbonyl (C=O) groups excluding carboxylic acids is 1. The molecule has 0 saturated carbocycles. The molecule has 3 N–H and O–H groups in total. The first-order chi connectivity index (χ1) is 14.5. The molecule has 2 rings (SSSR count). The largest absolute Gasteiger partial charge is 0.493 e. The summed E-state index contributed by atoms with van der Waals surface area (Å²) in [5.41, 5.74) is 1.78. The Morgan fingerprint density at radius 3 is 2.29 bits per heavy atom. The van der Waals surface area contributed by atoms with Crippen LogP contribution in [0, 0.1) is 6.92 Å². The van der Waals surface area contributed by atoms with E-state index in [1.807, 2.05) is 31.2 Å². The number of amides is 1. The summed E-state index contributed by atoms with van der Waals surface area (Å²) in [5, 5.41) is 9.10. The Bertz CT molecular complexity index is 867. The van der Waals surface area contributed by atoms with Crippen LogP contribution in [0.1, 0.15) is 17.7 Å². The molecule has 0 unspecified atom stereocenters. The fraction of sp³-hybridized carbons (Fsp3) is 0.381. The van der Waals surface area contributed by atoms with Crippen molar-refractivity contribution in [3.8, 4) is 17.2 Å². The Balaban J connectivity index is 0.00000480. The molecule has 0 saturated heterocycles. The third-order valence-electron chi connectivity index (χ3n) is 4.21. The lowest BCUT2D eigenvalue weighted by molar-refractivity contribution is -0.116. The van der Waals surface area contributed by atoms with Gasteiger partial charge in [-0.25, -0.2) is 4.98 Å². The molecule has 10 heteroatoms. The Morgan fingerprint density at radius 2 is 1.74 bits per heavy atom. The van der Waals surface area contributed by atoms with Crippen LogP contribution in [-0.2, 0) is 11.3 Å². The van der Waals surface area contributed by atoms with Crippen LogP contribution in [0.3, 0.4) is 0 Å². The van der Waals surface area contributed by atoms with Crippen LogP contribution in [0.15, 0.2) is 35.3 Å². The molecule has 1 heterocycles. The number of aliphatic imine (C=N–C) groups is 1. The highest BCUT2D eigenvalue weighted by atomic mass is 127. The zero-order valence-electron chi connectivity index (χ0n) is 18.4. The highest BCUT2D eigenvalue weighted by Gasteiger charge is 2.13. The fourth-order valence-electron chi connectivity index (χ4n) is 2.76. The van der Waals surface area contributed by atoms with Crippen molar-refractivity contribution in [1.29, 1.82) is 0 Å². The number of aromatic nitrogens is 1. The van der Waals surface area contributed by atoms with Crippen molar-refractivity contribution in [2.24, 2.45) is 4.99 Å². The lowest BCUT2D eigenvalue weighted by Gasteiger charge is -2.16. The molecule has 31 heavy (non-hydrogen) atoms. The van der Waals surface area contributed by atoms with Gasteiger partial charge < -0.3 is 30.2 Å². The van der Waals surface area contributed by atoms with Crippen LogP contribution in [0.4, 0.5) is 5.82 Å². The quantitative estimate of drug-likeness (QED) is 0.254. The highest BCUT2D eigenvalue weighted by molar-refractivity contribution is 14.0. The minimum atomic E-state index is -0.124. The van der Waals surface area contributed by atoms with E-state index in [1.54, 1.807) is 34.4 Å². The van der Waals surface area contributed by atoms with Crippen molar-refractivity contribution in [3.63, 3.8) is 0 Å². The van der Waals surface area contributed by atoms with Crippen molar-refractivity contribution in [3.05, 3.63) is 41.6 Å². The van der Waals surface area contributed by atoms with E-state index in [4.69, 9.17) is 14.2 Å². The molecule has 1 amide bonds. The van der Waals surface area contributed by atoms with Gasteiger partial charge in [0.25, 0.3) is 0 Å². The summed E-state index contributed by atoms with van der Waals surface area (Å²) < 4.78 is 16.1. The van der Waals surface area contributed by atoms with E-state index in [0.29, 0.717) is 42.1 Å². The van der Waals surface area contributed by atoms with Crippen molar-refractivity contribution in [1.82, 2.24) is 15.6 Å². The SMILES string of the molecule is CN=C(NCCC(=O)Nc1cccc(C)n1)NCc1cc(OC)c(OC)c(OC)c1.I. The number of methoxy groups -OCH3 is 3. The second kappa shape index (κ2) is 13.5. The molecule has 1 aromatic carbocycles. The van der Waals surface area contributed by atoms with Gasteiger partial charge in [-0.3, -0.25) is 9.79 Å². The Hall–Kier alpha value is -2.76. The predicted octanol–water partition coefficient (Wildman–Crippen LogP) is 2.73. The van der Waals surface area contributed by atoms with Gasteiger partial charge in [0.1, 0.15) is 5.82 Å². The average Bonchev–Trinajstić information content (AvgIpc) is 2.75. The summed E-state index contributed by atoms with van der Waals surface area (Å²) in [6.45, 7) is 2.78. The molecule has 2 aromatic rings. The molecular weight excluding hydrogens is 513 g/mol. The maximum Gasteiger partial charge on any atom is 0.227 e. The normalized spacial score (nSPS) is 10.5. The summed E-state index contributed by atoms with van der Waals surface area (Å²) in [6, 6.07) is 9.22. The number of nitrogens with zero attached hydrogens (tertiary/aromatic N) is 2. The van der Waals surface area contributed by atoms with Crippen LogP contribution in [0.2, 0.25) is 0 Å². The molecule has 0 bridgehead atoms. The Kier molecular flexibility index (Phi) is 11.5. The van der Waals surface area contributed by atoms with Crippen LogP contribution >= 0.6 is 24.0 Å². The van der Waals surface area contributed by atoms with E-state index in [9.17, 15) is 4.79 Å². The van der Waals surface area contributed by atoms with E-state index in [0.717, 1.165) is 11.3 Å². The molecule has 0 aliphatic heterocycles. The average molecular weight is 543 g/mol. The lowest BCUT2D eigenvalue weighted by atomic mass is 10.2. The second-order valence-corrected chi connectivity index (χ2v) is 6.35. The number of carbonyl (C=O) groups is 1. The van der Waals surface area contributed by atoms with Gasteiger partial charge in [0, 0.05) is 32.3 Å². The van der Waals surface area contributed by atoms with Crippen molar-refractivity contribution >= 4 is 41.7 Å². The molecule has 1 aromatic heterocycles. The summed E-state index contributed by atoms with van der Waals surface area (Å²) >= 11 is 0. The third kappa shape index (κ3) is 8.12. The molecule has 0 spiro atoms. The third-order valence-corrected chi connectivity index (χ3v) is 4.21. The molecule has 0 radical (unpaired) electrons. The number of pyridine rings is 1. The number of hydrogen-bond donors (Lipinski definition) is 3. The first kappa shape index (κ1) is 26.3. The molecule has 170 valence electrons. The van der Waals surface area contributed by atoms with E-state index in [-0.39, 0.29) is 36.3 Å². The number of hydrogen-bond acceptors (Lipinski definition) is 6. The summed E-state index contributed by atoms with van der Waals surface area (Å²) in [7, 11) is 6.38. The van der Waals surface area contributed by atoms with Gasteiger partial charge in [-0.2, -0.15) is 0 Å². The molecule has 0 atom stereocenters. The van der Waals surface area contributed by atoms with E-state index >= 15 is 0 Å². The minimum Gasteiger partial charge on any atom is -0.493 e. The monoisotopic (exact) mass is 543 g/mol. The van der Waals surface area contributed by atoms with Gasteiger partial charge in [-0.15, -0.1) is 24.0 Å². The van der Waals surface area contributed by atoms with Gasteiger partial charge in [0.2, 0.25) is 11.7 Å². The maximum atomic E-state index is 12.1. The molecule has 0 aliphatic rings. The van der Waals surface area contributed by atoms with Crippen molar-refractivity contribution in [2.45, 2.75) is 19.9 Å². The van der Waals surface area contributed by atoms with E-state index in [1.165, 1.54) is 0 Å². The number of halogens is 1. The number of nitrogens with one attached hydrogen (secondary N) is 3. The van der Waals surface area contributed by atoms with Crippen LogP contribution in [0.5, 0.6) is 17.2 Å². The highest BCUT2D eigenvalue weighted by Crippen LogP contribution is 2.38. The van der Waals surface area contributed by atoms with Crippen LogP contribution in [-0.4, -0.2) is 51.8 Å². The zero-order chi connectivity index (χ0) is 21.9. The fourth-order valence-corrected chi connectivity index (χ4v) is 2.76. The molecule has 9 nitrogen and oxygen atoms in total. The first-order valence-corrected chi connectivity index (χ1v) is 9.47. The van der Waals surface area contributed by atoms with E-state index in [2.05, 4.69) is 25.9 Å². The topological polar surface area (TPSA) is 106 Å². The summed E-state index contributed by atoms with van der Waals surface area (Å²) in [5.74, 6) is 2.70. The smallest absolute Gasteiger partial charge is 0.227 e. The molecular formula is C21H30IN5O4. The number of benzene rings is 1. The Morgan fingerprint density at radius 1 is 1.06 bits per heavy atom. The zero-order valence-corrected chi connectivity index (χ0v) is 20.8. The van der Waals surface area contributed by atoms with Gasteiger partial charge in [0.15, 0.2) is 17.5 Å².